The van der Waals surface area contributed by atoms with Gasteiger partial charge in [-0.25, -0.2) is 4.39 Å². The number of ether oxygens (including phenoxy) is 1. The largest absolute Gasteiger partial charge is 0.483 e. The van der Waals surface area contributed by atoms with Gasteiger partial charge in [-0.15, -0.1) is 0 Å². The van der Waals surface area contributed by atoms with E-state index in [0.29, 0.717) is 11.3 Å². The number of rotatable bonds is 6. The van der Waals surface area contributed by atoms with Crippen LogP contribution in [0.2, 0.25) is 0 Å². The average molecular weight is 335 g/mol. The summed E-state index contributed by atoms with van der Waals surface area (Å²) in [5.74, 6) is -0.000925. The van der Waals surface area contributed by atoms with Crippen molar-refractivity contribution in [1.29, 1.82) is 0 Å². The summed E-state index contributed by atoms with van der Waals surface area (Å²) in [5.41, 5.74) is 2.38. The third-order valence-electron chi connectivity index (χ3n) is 3.76. The highest BCUT2D eigenvalue weighted by Gasteiger charge is 2.09. The van der Waals surface area contributed by atoms with Crippen LogP contribution in [0.4, 0.5) is 4.39 Å². The highest BCUT2D eigenvalue weighted by Crippen LogP contribution is 2.29. The van der Waals surface area contributed by atoms with E-state index in [1.54, 1.807) is 18.2 Å². The first-order valence-corrected chi connectivity index (χ1v) is 8.01. The number of carbonyl (C=O) groups excluding carboxylic acids is 1. The highest BCUT2D eigenvalue weighted by atomic mass is 19.1. The molecule has 0 unspecified atom stereocenters. The molecule has 4 heteroatoms. The number of halogens is 1. The minimum Gasteiger partial charge on any atom is -0.483 e. The van der Waals surface area contributed by atoms with E-state index in [1.165, 1.54) is 6.07 Å². The molecule has 1 amide bonds. The van der Waals surface area contributed by atoms with Crippen LogP contribution in [0.3, 0.4) is 0 Å². The number of amides is 1. The Hall–Kier alpha value is -3.14. The van der Waals surface area contributed by atoms with Crippen LogP contribution in [0.15, 0.2) is 78.9 Å². The molecule has 0 spiro atoms. The van der Waals surface area contributed by atoms with E-state index < -0.39 is 0 Å². The maximum Gasteiger partial charge on any atom is 0.258 e. The lowest BCUT2D eigenvalue weighted by molar-refractivity contribution is -0.123. The SMILES string of the molecule is O=C(COc1ccccc1-c1ccccc1)NCc1ccccc1F. The number of hydrogen-bond acceptors (Lipinski definition) is 2. The molecule has 1 N–H and O–H groups in total. The second-order valence-corrected chi connectivity index (χ2v) is 5.52. The fourth-order valence-electron chi connectivity index (χ4n) is 2.48. The molecule has 0 saturated carbocycles. The van der Waals surface area contributed by atoms with Gasteiger partial charge in [0.05, 0.1) is 0 Å². The predicted molar refractivity (Wildman–Crippen MR) is 95.6 cm³/mol. The second kappa shape index (κ2) is 8.11. The van der Waals surface area contributed by atoms with Crippen LogP contribution in [-0.4, -0.2) is 12.5 Å². The van der Waals surface area contributed by atoms with Gasteiger partial charge < -0.3 is 10.1 Å². The van der Waals surface area contributed by atoms with E-state index in [-0.39, 0.29) is 24.9 Å². The molecule has 25 heavy (non-hydrogen) atoms. The molecule has 126 valence electrons. The van der Waals surface area contributed by atoms with Crippen molar-refractivity contribution >= 4 is 5.91 Å². The van der Waals surface area contributed by atoms with Crippen molar-refractivity contribution in [3.8, 4) is 16.9 Å². The Morgan fingerprint density at radius 1 is 0.880 bits per heavy atom. The van der Waals surface area contributed by atoms with Crippen LogP contribution in [0.1, 0.15) is 5.56 Å². The number of benzene rings is 3. The van der Waals surface area contributed by atoms with Crippen molar-refractivity contribution < 1.29 is 13.9 Å². The summed E-state index contributed by atoms with van der Waals surface area (Å²) >= 11 is 0. The van der Waals surface area contributed by atoms with Crippen LogP contribution in [-0.2, 0) is 11.3 Å². The van der Waals surface area contributed by atoms with E-state index >= 15 is 0 Å². The van der Waals surface area contributed by atoms with Gasteiger partial charge in [0.1, 0.15) is 11.6 Å². The lowest BCUT2D eigenvalue weighted by atomic mass is 10.1. The first-order chi connectivity index (χ1) is 12.2. The Morgan fingerprint density at radius 3 is 2.36 bits per heavy atom. The third-order valence-corrected chi connectivity index (χ3v) is 3.76. The monoisotopic (exact) mass is 335 g/mol. The predicted octanol–water partition coefficient (Wildman–Crippen LogP) is 4.19. The van der Waals surface area contributed by atoms with Crippen molar-refractivity contribution in [1.82, 2.24) is 5.32 Å². The number of para-hydroxylation sites is 1. The first-order valence-electron chi connectivity index (χ1n) is 8.01. The molecular formula is C21H18FNO2. The zero-order valence-corrected chi connectivity index (χ0v) is 13.6. The Labute approximate surface area is 146 Å². The van der Waals surface area contributed by atoms with E-state index in [9.17, 15) is 9.18 Å². The van der Waals surface area contributed by atoms with Gasteiger partial charge in [0.2, 0.25) is 0 Å². The van der Waals surface area contributed by atoms with E-state index in [0.717, 1.165) is 11.1 Å². The molecule has 0 aromatic heterocycles. The minimum atomic E-state index is -0.335. The summed E-state index contributed by atoms with van der Waals surface area (Å²) in [6.07, 6.45) is 0. The number of carbonyl (C=O) groups is 1. The minimum absolute atomic E-state index is 0.127. The number of nitrogens with one attached hydrogen (secondary N) is 1. The highest BCUT2D eigenvalue weighted by molar-refractivity contribution is 5.78. The van der Waals surface area contributed by atoms with Crippen molar-refractivity contribution in [3.63, 3.8) is 0 Å². The van der Waals surface area contributed by atoms with Crippen LogP contribution in [0, 0.1) is 5.82 Å². The van der Waals surface area contributed by atoms with Gasteiger partial charge in [0, 0.05) is 17.7 Å². The summed E-state index contributed by atoms with van der Waals surface area (Å²) in [6, 6.07) is 23.7. The summed E-state index contributed by atoms with van der Waals surface area (Å²) in [5, 5.41) is 2.67. The molecule has 0 bridgehead atoms. The molecule has 0 atom stereocenters. The van der Waals surface area contributed by atoms with Crippen molar-refractivity contribution in [3.05, 3.63) is 90.2 Å². The molecule has 3 aromatic carbocycles. The Bertz CT molecular complexity index is 849. The Morgan fingerprint density at radius 2 is 1.56 bits per heavy atom. The molecule has 0 aliphatic carbocycles. The van der Waals surface area contributed by atoms with Gasteiger partial charge in [-0.05, 0) is 17.7 Å². The zero-order valence-electron chi connectivity index (χ0n) is 13.6. The van der Waals surface area contributed by atoms with Crippen molar-refractivity contribution in [2.45, 2.75) is 6.54 Å². The topological polar surface area (TPSA) is 38.3 Å². The zero-order chi connectivity index (χ0) is 17.5. The molecule has 3 rings (SSSR count). The van der Waals surface area contributed by atoms with Crippen LogP contribution >= 0.6 is 0 Å². The van der Waals surface area contributed by atoms with Crippen LogP contribution < -0.4 is 10.1 Å². The van der Waals surface area contributed by atoms with Crippen molar-refractivity contribution in [2.75, 3.05) is 6.61 Å². The lowest BCUT2D eigenvalue weighted by Crippen LogP contribution is -2.28. The summed E-state index contributed by atoms with van der Waals surface area (Å²) in [7, 11) is 0. The smallest absolute Gasteiger partial charge is 0.258 e. The summed E-state index contributed by atoms with van der Waals surface area (Å²) in [6.45, 7) is 0.00744. The van der Waals surface area contributed by atoms with E-state index in [4.69, 9.17) is 4.74 Å². The van der Waals surface area contributed by atoms with Gasteiger partial charge >= 0.3 is 0 Å². The molecule has 3 aromatic rings. The summed E-state index contributed by atoms with van der Waals surface area (Å²) < 4.78 is 19.2. The first kappa shape index (κ1) is 16.7. The maximum atomic E-state index is 13.5. The van der Waals surface area contributed by atoms with E-state index in [1.807, 2.05) is 54.6 Å². The van der Waals surface area contributed by atoms with Gasteiger partial charge in [-0.3, -0.25) is 4.79 Å². The third kappa shape index (κ3) is 4.44. The molecular weight excluding hydrogens is 317 g/mol. The second-order valence-electron chi connectivity index (χ2n) is 5.52. The fourth-order valence-corrected chi connectivity index (χ4v) is 2.48. The van der Waals surface area contributed by atoms with Gasteiger partial charge in [0.25, 0.3) is 5.91 Å². The van der Waals surface area contributed by atoms with Crippen LogP contribution in [0.5, 0.6) is 5.75 Å². The Kier molecular flexibility index (Phi) is 5.42. The molecule has 0 aliphatic heterocycles. The molecule has 3 nitrogen and oxygen atoms in total. The molecule has 0 radical (unpaired) electrons. The molecule has 0 saturated heterocycles. The van der Waals surface area contributed by atoms with Gasteiger partial charge in [0.15, 0.2) is 6.61 Å². The molecule has 0 aliphatic rings. The Balaban J connectivity index is 1.60. The standard InChI is InChI=1S/C21H18FNO2/c22-19-12-6-4-10-17(19)14-23-21(24)15-25-20-13-7-5-11-18(20)16-8-2-1-3-9-16/h1-13H,14-15H2,(H,23,24). The quantitative estimate of drug-likeness (QED) is 0.733. The maximum absolute atomic E-state index is 13.5. The number of hydrogen-bond donors (Lipinski definition) is 1. The fraction of sp³-hybridized carbons (Fsp3) is 0.0952. The van der Waals surface area contributed by atoms with Crippen molar-refractivity contribution in [2.24, 2.45) is 0 Å². The van der Waals surface area contributed by atoms with Crippen LogP contribution in [0.25, 0.3) is 11.1 Å². The molecule has 0 fully saturated rings. The molecule has 0 heterocycles. The average Bonchev–Trinajstić information content (AvgIpc) is 2.66. The summed E-state index contributed by atoms with van der Waals surface area (Å²) in [4.78, 5) is 12.0. The normalized spacial score (nSPS) is 10.3. The van der Waals surface area contributed by atoms with E-state index in [2.05, 4.69) is 5.32 Å². The lowest BCUT2D eigenvalue weighted by Gasteiger charge is -2.12. The van der Waals surface area contributed by atoms with Gasteiger partial charge in [-0.2, -0.15) is 0 Å². The van der Waals surface area contributed by atoms with Gasteiger partial charge in [-0.1, -0.05) is 66.7 Å².